The van der Waals surface area contributed by atoms with Crippen molar-refractivity contribution in [1.29, 1.82) is 0 Å². The molecular formula is C18H22O4. The van der Waals surface area contributed by atoms with Gasteiger partial charge < -0.3 is 9.84 Å². The van der Waals surface area contributed by atoms with Crippen molar-refractivity contribution in [3.05, 3.63) is 46.1 Å². The number of carbonyl (C=O) groups is 2. The highest BCUT2D eigenvalue weighted by molar-refractivity contribution is 6.07. The van der Waals surface area contributed by atoms with Gasteiger partial charge >= 0.3 is 5.97 Å². The average Bonchev–Trinajstić information content (AvgIpc) is 2.37. The summed E-state index contributed by atoms with van der Waals surface area (Å²) in [6, 6.07) is 1.54. The molecule has 0 atom stereocenters. The van der Waals surface area contributed by atoms with E-state index in [1.54, 1.807) is 27.7 Å². The molecule has 4 heteroatoms. The molecule has 0 fully saturated rings. The van der Waals surface area contributed by atoms with E-state index in [9.17, 15) is 14.7 Å². The molecular weight excluding hydrogens is 280 g/mol. The molecule has 0 saturated heterocycles. The Morgan fingerprint density at radius 2 is 1.59 bits per heavy atom. The number of phenols is 1. The zero-order valence-corrected chi connectivity index (χ0v) is 13.9. The standard InChI is InChI=1S/C18H22O4/c1-10(2)7-15(19)14-9-12(5)18(13(6)17(14)21)22-16(20)8-11(3)4/h7-9,21H,1-6H3. The van der Waals surface area contributed by atoms with Crippen LogP contribution in [-0.2, 0) is 4.79 Å². The minimum absolute atomic E-state index is 0.159. The fourth-order valence-electron chi connectivity index (χ4n) is 2.01. The predicted octanol–water partition coefficient (Wildman–Crippen LogP) is 4.03. The highest BCUT2D eigenvalue weighted by Gasteiger charge is 2.19. The first kappa shape index (κ1) is 17.7. The van der Waals surface area contributed by atoms with Crippen LogP contribution < -0.4 is 4.74 Å². The maximum atomic E-state index is 12.1. The number of hydrogen-bond donors (Lipinski definition) is 1. The molecule has 1 aromatic carbocycles. The molecule has 0 saturated carbocycles. The largest absolute Gasteiger partial charge is 0.507 e. The van der Waals surface area contributed by atoms with Gasteiger partial charge in [0, 0.05) is 11.6 Å². The smallest absolute Gasteiger partial charge is 0.336 e. The Hall–Kier alpha value is -2.36. The topological polar surface area (TPSA) is 63.6 Å². The van der Waals surface area contributed by atoms with Gasteiger partial charge in [0.25, 0.3) is 0 Å². The number of aryl methyl sites for hydroxylation is 1. The van der Waals surface area contributed by atoms with Crippen molar-refractivity contribution >= 4 is 11.8 Å². The predicted molar refractivity (Wildman–Crippen MR) is 86.4 cm³/mol. The zero-order valence-electron chi connectivity index (χ0n) is 13.9. The number of ketones is 1. The molecule has 0 radical (unpaired) electrons. The number of allylic oxidation sites excluding steroid dienone is 3. The fourth-order valence-corrected chi connectivity index (χ4v) is 2.01. The quantitative estimate of drug-likeness (QED) is 0.395. The third-order valence-electron chi connectivity index (χ3n) is 2.96. The second-order valence-electron chi connectivity index (χ2n) is 5.77. The summed E-state index contributed by atoms with van der Waals surface area (Å²) in [5.41, 5.74) is 2.87. The molecule has 1 rings (SSSR count). The van der Waals surface area contributed by atoms with Crippen LogP contribution in [0, 0.1) is 13.8 Å². The van der Waals surface area contributed by atoms with Gasteiger partial charge in [0.05, 0.1) is 5.56 Å². The van der Waals surface area contributed by atoms with Gasteiger partial charge in [-0.15, -0.1) is 0 Å². The van der Waals surface area contributed by atoms with Crippen LogP contribution in [0.15, 0.2) is 29.4 Å². The van der Waals surface area contributed by atoms with Crippen molar-refractivity contribution < 1.29 is 19.4 Å². The Morgan fingerprint density at radius 1 is 1.05 bits per heavy atom. The summed E-state index contributed by atoms with van der Waals surface area (Å²) in [5.74, 6) is -0.651. The third-order valence-corrected chi connectivity index (χ3v) is 2.96. The second-order valence-corrected chi connectivity index (χ2v) is 5.77. The Morgan fingerprint density at radius 3 is 2.09 bits per heavy atom. The molecule has 1 aromatic rings. The summed E-state index contributed by atoms with van der Waals surface area (Å²) in [5, 5.41) is 10.2. The van der Waals surface area contributed by atoms with Gasteiger partial charge in [-0.1, -0.05) is 11.1 Å². The summed E-state index contributed by atoms with van der Waals surface area (Å²) < 4.78 is 5.28. The van der Waals surface area contributed by atoms with Gasteiger partial charge in [0.2, 0.25) is 0 Å². The van der Waals surface area contributed by atoms with Gasteiger partial charge in [-0.3, -0.25) is 4.79 Å². The Bertz CT molecular complexity index is 671. The highest BCUT2D eigenvalue weighted by atomic mass is 16.5. The first-order valence-electron chi connectivity index (χ1n) is 7.02. The molecule has 0 amide bonds. The van der Waals surface area contributed by atoms with Crippen LogP contribution in [0.2, 0.25) is 0 Å². The SMILES string of the molecule is CC(C)=CC(=O)Oc1c(C)cc(C(=O)C=C(C)C)c(O)c1C. The lowest BCUT2D eigenvalue weighted by Crippen LogP contribution is -2.08. The van der Waals surface area contributed by atoms with Crippen LogP contribution in [0.5, 0.6) is 11.5 Å². The van der Waals surface area contributed by atoms with Gasteiger partial charge in [-0.05, 0) is 59.2 Å². The van der Waals surface area contributed by atoms with E-state index in [0.717, 1.165) is 11.1 Å². The van der Waals surface area contributed by atoms with Crippen LogP contribution in [0.25, 0.3) is 0 Å². The summed E-state index contributed by atoms with van der Waals surface area (Å²) in [4.78, 5) is 23.9. The zero-order chi connectivity index (χ0) is 17.0. The van der Waals surface area contributed by atoms with Crippen molar-refractivity contribution in [3.63, 3.8) is 0 Å². The summed E-state index contributed by atoms with van der Waals surface area (Å²) in [7, 11) is 0. The molecule has 0 bridgehead atoms. The van der Waals surface area contributed by atoms with Gasteiger partial charge in [0.1, 0.15) is 11.5 Å². The van der Waals surface area contributed by atoms with Crippen LogP contribution >= 0.6 is 0 Å². The summed E-state index contributed by atoms with van der Waals surface area (Å²) in [6.45, 7) is 10.6. The fraction of sp³-hybridized carbons (Fsp3) is 0.333. The molecule has 0 aromatic heterocycles. The van der Waals surface area contributed by atoms with Gasteiger partial charge in [0.15, 0.2) is 5.78 Å². The first-order valence-corrected chi connectivity index (χ1v) is 7.02. The van der Waals surface area contributed by atoms with Crippen LogP contribution in [0.1, 0.15) is 49.2 Å². The number of ether oxygens (including phenoxy) is 1. The van der Waals surface area contributed by atoms with Crippen LogP contribution in [0.4, 0.5) is 0 Å². The minimum Gasteiger partial charge on any atom is -0.507 e. The highest BCUT2D eigenvalue weighted by Crippen LogP contribution is 2.34. The van der Waals surface area contributed by atoms with E-state index >= 15 is 0 Å². The van der Waals surface area contributed by atoms with E-state index in [0.29, 0.717) is 11.1 Å². The van der Waals surface area contributed by atoms with Crippen molar-refractivity contribution in [1.82, 2.24) is 0 Å². The molecule has 1 N–H and O–H groups in total. The summed E-state index contributed by atoms with van der Waals surface area (Å²) >= 11 is 0. The molecule has 0 heterocycles. The molecule has 0 aliphatic carbocycles. The number of aromatic hydroxyl groups is 1. The lowest BCUT2D eigenvalue weighted by molar-refractivity contribution is -0.129. The summed E-state index contributed by atoms with van der Waals surface area (Å²) in [6.07, 6.45) is 2.83. The molecule has 0 aliphatic heterocycles. The van der Waals surface area contributed by atoms with E-state index in [2.05, 4.69) is 0 Å². The molecule has 4 nitrogen and oxygen atoms in total. The van der Waals surface area contributed by atoms with Crippen molar-refractivity contribution in [2.75, 3.05) is 0 Å². The van der Waals surface area contributed by atoms with Crippen molar-refractivity contribution in [3.8, 4) is 11.5 Å². The number of hydrogen-bond acceptors (Lipinski definition) is 4. The van der Waals surface area contributed by atoms with E-state index in [4.69, 9.17) is 4.74 Å². The number of carbonyl (C=O) groups excluding carboxylic acids is 2. The first-order chi connectivity index (χ1) is 10.1. The maximum Gasteiger partial charge on any atom is 0.336 e. The number of esters is 1. The number of rotatable bonds is 4. The molecule has 0 aliphatic rings. The van der Waals surface area contributed by atoms with Gasteiger partial charge in [-0.2, -0.15) is 0 Å². The van der Waals surface area contributed by atoms with E-state index < -0.39 is 5.97 Å². The lowest BCUT2D eigenvalue weighted by atomic mass is 10.00. The van der Waals surface area contributed by atoms with Crippen LogP contribution in [-0.4, -0.2) is 16.9 Å². The van der Waals surface area contributed by atoms with Gasteiger partial charge in [-0.25, -0.2) is 4.79 Å². The number of phenolic OH excluding ortho intramolecular Hbond substituents is 1. The molecule has 0 unspecified atom stereocenters. The Kier molecular flexibility index (Phi) is 5.69. The number of benzene rings is 1. The molecule has 118 valence electrons. The van der Waals surface area contributed by atoms with Crippen LogP contribution in [0.3, 0.4) is 0 Å². The van der Waals surface area contributed by atoms with E-state index in [1.165, 1.54) is 18.2 Å². The molecule has 0 spiro atoms. The third kappa shape index (κ3) is 4.32. The van der Waals surface area contributed by atoms with Crippen molar-refractivity contribution in [2.24, 2.45) is 0 Å². The van der Waals surface area contributed by atoms with E-state index in [-0.39, 0.29) is 22.8 Å². The Labute approximate surface area is 131 Å². The second kappa shape index (κ2) is 7.07. The molecule has 22 heavy (non-hydrogen) atoms. The lowest BCUT2D eigenvalue weighted by Gasteiger charge is -2.13. The van der Waals surface area contributed by atoms with E-state index in [1.807, 2.05) is 13.8 Å². The maximum absolute atomic E-state index is 12.1. The Balaban J connectivity index is 3.28. The average molecular weight is 302 g/mol. The van der Waals surface area contributed by atoms with Crippen molar-refractivity contribution in [2.45, 2.75) is 41.5 Å². The minimum atomic E-state index is -0.506. The monoisotopic (exact) mass is 302 g/mol. The normalized spacial score (nSPS) is 9.91.